The molecule has 2 fully saturated rings. The first kappa shape index (κ1) is 20.3. The summed E-state index contributed by atoms with van der Waals surface area (Å²) in [4.78, 5) is 17.1. The molecule has 2 aromatic carbocycles. The molecule has 4 atom stereocenters. The Hall–Kier alpha value is -3.28. The van der Waals surface area contributed by atoms with Gasteiger partial charge in [0.05, 0.1) is 17.2 Å². The van der Waals surface area contributed by atoms with E-state index in [9.17, 15) is 9.18 Å². The Morgan fingerprint density at radius 1 is 1.09 bits per heavy atom. The van der Waals surface area contributed by atoms with Gasteiger partial charge in [-0.25, -0.2) is 4.39 Å². The average molecular weight is 443 g/mol. The molecule has 168 valence electrons. The molecule has 0 bridgehead atoms. The van der Waals surface area contributed by atoms with Crippen molar-refractivity contribution < 1.29 is 9.18 Å². The minimum atomic E-state index is -0.205. The van der Waals surface area contributed by atoms with Crippen molar-refractivity contribution in [1.29, 1.82) is 0 Å². The number of amides is 1. The second kappa shape index (κ2) is 7.94. The normalized spacial score (nSPS) is 24.4. The van der Waals surface area contributed by atoms with Crippen LogP contribution in [0, 0.1) is 23.6 Å². The Morgan fingerprint density at radius 2 is 1.91 bits per heavy atom. The molecule has 0 aliphatic heterocycles. The fraction of sp³-hybridized carbons (Fsp3) is 0.370. The predicted octanol–water partition coefficient (Wildman–Crippen LogP) is 5.81. The highest BCUT2D eigenvalue weighted by Gasteiger charge is 2.42. The molecule has 33 heavy (non-hydrogen) atoms. The van der Waals surface area contributed by atoms with Crippen molar-refractivity contribution >= 4 is 33.4 Å². The minimum absolute atomic E-state index is 0.0929. The van der Waals surface area contributed by atoms with Crippen molar-refractivity contribution in [2.75, 3.05) is 5.32 Å². The Kier molecular flexibility index (Phi) is 4.89. The third-order valence-corrected chi connectivity index (χ3v) is 7.79. The molecule has 2 aromatic heterocycles. The molecule has 2 aliphatic rings. The van der Waals surface area contributed by atoms with E-state index in [2.05, 4.69) is 21.5 Å². The fourth-order valence-electron chi connectivity index (χ4n) is 6.37. The number of aryl methyl sites for hydroxylation is 1. The van der Waals surface area contributed by atoms with Gasteiger partial charge >= 0.3 is 0 Å². The van der Waals surface area contributed by atoms with E-state index in [-0.39, 0.29) is 11.7 Å². The summed E-state index contributed by atoms with van der Waals surface area (Å²) in [7, 11) is 1.91. The number of hydrogen-bond acceptors (Lipinski definition) is 3. The lowest BCUT2D eigenvalue weighted by Crippen LogP contribution is -2.15. The largest absolute Gasteiger partial charge is 0.326 e. The molecule has 0 spiro atoms. The molecule has 5 nitrogen and oxygen atoms in total. The van der Waals surface area contributed by atoms with Crippen LogP contribution in [0.5, 0.6) is 0 Å². The molecule has 0 saturated heterocycles. The molecule has 1 N–H and O–H groups in total. The molecule has 6 heteroatoms. The van der Waals surface area contributed by atoms with Gasteiger partial charge in [0.25, 0.3) is 0 Å². The van der Waals surface area contributed by atoms with Crippen LogP contribution < -0.4 is 5.32 Å². The van der Waals surface area contributed by atoms with E-state index < -0.39 is 0 Å². The highest BCUT2D eigenvalue weighted by Crippen LogP contribution is 2.53. The number of carbonyl (C=O) groups is 1. The molecule has 2 heterocycles. The lowest BCUT2D eigenvalue weighted by molar-refractivity contribution is -0.117. The summed E-state index contributed by atoms with van der Waals surface area (Å²) in [5.41, 5.74) is 3.98. The standard InChI is InChI=1S/C27H27FN4O/c1-32-26-5-3-22(13-20(26)15-30-32)31-27(33)10-16-8-17-11-19(12-18(17)9-16)23-6-7-29-25-4-2-21(28)14-24(23)25/h2-7,13-19H,8-12H2,1H3,(H,31,33)/t16?,17-,18+,19?. The molecule has 0 radical (unpaired) electrons. The molecule has 2 aliphatic carbocycles. The quantitative estimate of drug-likeness (QED) is 0.434. The van der Waals surface area contributed by atoms with Gasteiger partial charge < -0.3 is 5.32 Å². The molecule has 1 amide bonds. The first-order chi connectivity index (χ1) is 16.0. The van der Waals surface area contributed by atoms with Gasteiger partial charge in [0.2, 0.25) is 5.91 Å². The molecule has 6 rings (SSSR count). The topological polar surface area (TPSA) is 59.8 Å². The Balaban J connectivity index is 1.09. The Labute approximate surface area is 192 Å². The van der Waals surface area contributed by atoms with E-state index in [1.54, 1.807) is 12.1 Å². The number of aromatic nitrogens is 3. The highest BCUT2D eigenvalue weighted by atomic mass is 19.1. The number of nitrogens with one attached hydrogen (secondary N) is 1. The first-order valence-corrected chi connectivity index (χ1v) is 11.8. The van der Waals surface area contributed by atoms with Crippen molar-refractivity contribution in [2.45, 2.75) is 38.0 Å². The van der Waals surface area contributed by atoms with Crippen molar-refractivity contribution in [3.05, 3.63) is 66.2 Å². The summed E-state index contributed by atoms with van der Waals surface area (Å²) < 4.78 is 15.7. The van der Waals surface area contributed by atoms with Gasteiger partial charge in [-0.05, 0) is 97.4 Å². The van der Waals surface area contributed by atoms with E-state index in [0.717, 1.165) is 53.2 Å². The van der Waals surface area contributed by atoms with E-state index in [4.69, 9.17) is 0 Å². The van der Waals surface area contributed by atoms with Gasteiger partial charge in [-0.2, -0.15) is 5.10 Å². The predicted molar refractivity (Wildman–Crippen MR) is 127 cm³/mol. The third-order valence-electron chi connectivity index (χ3n) is 7.79. The molecular weight excluding hydrogens is 415 g/mol. The number of pyridine rings is 1. The molecule has 4 aromatic rings. The summed E-state index contributed by atoms with van der Waals surface area (Å²) >= 11 is 0. The lowest BCUT2D eigenvalue weighted by atomic mass is 9.89. The van der Waals surface area contributed by atoms with E-state index in [1.165, 1.54) is 11.6 Å². The smallest absolute Gasteiger partial charge is 0.224 e. The maximum Gasteiger partial charge on any atom is 0.224 e. The first-order valence-electron chi connectivity index (χ1n) is 11.8. The average Bonchev–Trinajstić information content (AvgIpc) is 3.46. The van der Waals surface area contributed by atoms with E-state index >= 15 is 0 Å². The zero-order valence-electron chi connectivity index (χ0n) is 18.7. The minimum Gasteiger partial charge on any atom is -0.326 e. The summed E-state index contributed by atoms with van der Waals surface area (Å²) in [6, 6.07) is 12.9. The van der Waals surface area contributed by atoms with Crippen LogP contribution in [0.3, 0.4) is 0 Å². The number of carbonyl (C=O) groups excluding carboxylic acids is 1. The second-order valence-corrected chi connectivity index (χ2v) is 9.88. The van der Waals surface area contributed by atoms with Gasteiger partial charge in [-0.1, -0.05) is 0 Å². The Bertz CT molecular complexity index is 1350. The van der Waals surface area contributed by atoms with Crippen LogP contribution >= 0.6 is 0 Å². The molecule has 2 saturated carbocycles. The maximum absolute atomic E-state index is 13.9. The van der Waals surface area contributed by atoms with Gasteiger partial charge in [0.1, 0.15) is 5.82 Å². The number of anilines is 1. The zero-order chi connectivity index (χ0) is 22.5. The van der Waals surface area contributed by atoms with Crippen LogP contribution in [0.25, 0.3) is 21.8 Å². The monoisotopic (exact) mass is 442 g/mol. The number of hydrogen-bond donors (Lipinski definition) is 1. The van der Waals surface area contributed by atoms with Crippen LogP contribution in [-0.4, -0.2) is 20.7 Å². The number of rotatable bonds is 4. The summed E-state index contributed by atoms with van der Waals surface area (Å²) in [6.45, 7) is 0. The van der Waals surface area contributed by atoms with Crippen LogP contribution in [0.15, 0.2) is 54.9 Å². The fourth-order valence-corrected chi connectivity index (χ4v) is 6.37. The zero-order valence-corrected chi connectivity index (χ0v) is 18.7. The van der Waals surface area contributed by atoms with Crippen LogP contribution in [0.4, 0.5) is 10.1 Å². The van der Waals surface area contributed by atoms with E-state index in [0.29, 0.717) is 30.1 Å². The Morgan fingerprint density at radius 3 is 2.73 bits per heavy atom. The van der Waals surface area contributed by atoms with Gasteiger partial charge in [-0.15, -0.1) is 0 Å². The van der Waals surface area contributed by atoms with Crippen LogP contribution in [-0.2, 0) is 11.8 Å². The molecule has 2 unspecified atom stereocenters. The lowest BCUT2D eigenvalue weighted by Gasteiger charge is -2.17. The highest BCUT2D eigenvalue weighted by molar-refractivity contribution is 5.93. The van der Waals surface area contributed by atoms with Crippen molar-refractivity contribution in [3.63, 3.8) is 0 Å². The molecular formula is C27H27FN4O. The van der Waals surface area contributed by atoms with Crippen molar-refractivity contribution in [2.24, 2.45) is 24.8 Å². The second-order valence-electron chi connectivity index (χ2n) is 9.88. The van der Waals surface area contributed by atoms with Crippen LogP contribution in [0.1, 0.15) is 43.6 Å². The van der Waals surface area contributed by atoms with E-state index in [1.807, 2.05) is 42.3 Å². The van der Waals surface area contributed by atoms with Gasteiger partial charge in [-0.3, -0.25) is 14.5 Å². The van der Waals surface area contributed by atoms with Crippen molar-refractivity contribution in [3.8, 4) is 0 Å². The number of fused-ring (bicyclic) bond motifs is 3. The van der Waals surface area contributed by atoms with Crippen LogP contribution in [0.2, 0.25) is 0 Å². The number of nitrogens with zero attached hydrogens (tertiary/aromatic N) is 3. The van der Waals surface area contributed by atoms with Crippen molar-refractivity contribution in [1.82, 2.24) is 14.8 Å². The summed E-state index contributed by atoms with van der Waals surface area (Å²) in [5, 5.41) is 9.32. The van der Waals surface area contributed by atoms with Gasteiger partial charge in [0.15, 0.2) is 0 Å². The number of halogens is 1. The summed E-state index contributed by atoms with van der Waals surface area (Å²) in [5.74, 6) is 2.08. The maximum atomic E-state index is 13.9. The summed E-state index contributed by atoms with van der Waals surface area (Å²) in [6.07, 6.45) is 8.69. The van der Waals surface area contributed by atoms with Gasteiger partial charge in [0, 0.05) is 36.1 Å². The SMILES string of the molecule is Cn1ncc2cc(NC(=O)CC3C[C@@H]4CC(c5ccnc6ccc(F)cc56)C[C@@H]4C3)ccc21. The number of benzene rings is 2. The third kappa shape index (κ3) is 3.77.